The first kappa shape index (κ1) is 17.2. The van der Waals surface area contributed by atoms with Crippen molar-refractivity contribution < 1.29 is 9.47 Å². The molecule has 1 aliphatic heterocycles. The summed E-state index contributed by atoms with van der Waals surface area (Å²) in [6.07, 6.45) is 3.53. The number of morpholine rings is 1. The summed E-state index contributed by atoms with van der Waals surface area (Å²) in [7, 11) is 0. The Hall–Kier alpha value is -2.21. The summed E-state index contributed by atoms with van der Waals surface area (Å²) in [5.41, 5.74) is 2.32. The summed E-state index contributed by atoms with van der Waals surface area (Å²) >= 11 is 6.04. The normalized spacial score (nSPS) is 18.1. The number of halogens is 1. The maximum atomic E-state index is 6.04. The maximum Gasteiger partial charge on any atom is 0.171 e. The van der Waals surface area contributed by atoms with Crippen molar-refractivity contribution in [3.63, 3.8) is 0 Å². The third-order valence-electron chi connectivity index (χ3n) is 4.51. The Kier molecular flexibility index (Phi) is 5.29. The first-order valence-electron chi connectivity index (χ1n) is 8.69. The Morgan fingerprint density at radius 3 is 2.96 bits per heavy atom. The molecule has 4 rings (SSSR count). The largest absolute Gasteiger partial charge is 0.488 e. The molecular formula is C20H20ClN3O2. The highest BCUT2D eigenvalue weighted by Gasteiger charge is 2.22. The number of ether oxygens (including phenoxy) is 2. The molecule has 0 aliphatic carbocycles. The second-order valence-electron chi connectivity index (χ2n) is 6.32. The predicted molar refractivity (Wildman–Crippen MR) is 102 cm³/mol. The van der Waals surface area contributed by atoms with Gasteiger partial charge in [-0.3, -0.25) is 9.88 Å². The van der Waals surface area contributed by atoms with Gasteiger partial charge in [0.2, 0.25) is 0 Å². The van der Waals surface area contributed by atoms with E-state index in [-0.39, 0.29) is 6.10 Å². The number of hydrogen-bond donors (Lipinski definition) is 0. The minimum absolute atomic E-state index is 0.00752. The van der Waals surface area contributed by atoms with Gasteiger partial charge in [-0.05, 0) is 29.8 Å². The van der Waals surface area contributed by atoms with Crippen LogP contribution in [0.4, 0.5) is 0 Å². The third-order valence-corrected chi connectivity index (χ3v) is 4.79. The van der Waals surface area contributed by atoms with E-state index < -0.39 is 0 Å². The third kappa shape index (κ3) is 3.96. The highest BCUT2D eigenvalue weighted by Crippen LogP contribution is 2.22. The van der Waals surface area contributed by atoms with Crippen molar-refractivity contribution in [3.05, 3.63) is 65.6 Å². The molecule has 134 valence electrons. The van der Waals surface area contributed by atoms with E-state index in [4.69, 9.17) is 21.1 Å². The quantitative estimate of drug-likeness (QED) is 0.643. The summed E-state index contributed by atoms with van der Waals surface area (Å²) in [6, 6.07) is 14.0. The minimum Gasteiger partial charge on any atom is -0.488 e. The molecule has 1 fully saturated rings. The molecule has 3 aromatic rings. The van der Waals surface area contributed by atoms with Gasteiger partial charge in [0, 0.05) is 37.4 Å². The van der Waals surface area contributed by atoms with Crippen LogP contribution in [0.3, 0.4) is 0 Å². The van der Waals surface area contributed by atoms with Gasteiger partial charge >= 0.3 is 0 Å². The van der Waals surface area contributed by atoms with Gasteiger partial charge in [0.1, 0.15) is 12.7 Å². The lowest BCUT2D eigenvalue weighted by atomic mass is 10.1. The van der Waals surface area contributed by atoms with Crippen LogP contribution in [0, 0.1) is 0 Å². The average Bonchev–Trinajstić information content (AvgIpc) is 2.68. The zero-order valence-corrected chi connectivity index (χ0v) is 15.1. The molecule has 0 saturated carbocycles. The van der Waals surface area contributed by atoms with E-state index >= 15 is 0 Å². The molecule has 3 heterocycles. The molecule has 5 nitrogen and oxygen atoms in total. The smallest absolute Gasteiger partial charge is 0.171 e. The molecule has 1 saturated heterocycles. The number of pyridine rings is 2. The molecule has 0 spiro atoms. The standard InChI is InChI=1S/C20H20ClN3O2/c21-20-19(6-3-8-23-20)26-14-16-13-24(10-11-25-16)12-15-7-9-22-18-5-2-1-4-17(15)18/h1-9,16H,10-14H2. The van der Waals surface area contributed by atoms with E-state index in [0.717, 1.165) is 25.2 Å². The summed E-state index contributed by atoms with van der Waals surface area (Å²) in [5.74, 6) is 0.593. The van der Waals surface area contributed by atoms with E-state index in [2.05, 4.69) is 33.1 Å². The molecule has 0 N–H and O–H groups in total. The fourth-order valence-electron chi connectivity index (χ4n) is 3.22. The summed E-state index contributed by atoms with van der Waals surface area (Å²) in [6.45, 7) is 3.74. The van der Waals surface area contributed by atoms with Gasteiger partial charge in [-0.2, -0.15) is 0 Å². The number of rotatable bonds is 5. The zero-order chi connectivity index (χ0) is 17.8. The van der Waals surface area contributed by atoms with Crippen molar-refractivity contribution in [1.82, 2.24) is 14.9 Å². The molecule has 1 atom stereocenters. The van der Waals surface area contributed by atoms with Gasteiger partial charge in [-0.15, -0.1) is 0 Å². The highest BCUT2D eigenvalue weighted by atomic mass is 35.5. The van der Waals surface area contributed by atoms with Crippen molar-refractivity contribution in [2.24, 2.45) is 0 Å². The van der Waals surface area contributed by atoms with Crippen LogP contribution in [0.5, 0.6) is 5.75 Å². The Bertz CT molecular complexity index is 884. The van der Waals surface area contributed by atoms with Crippen LogP contribution in [-0.2, 0) is 11.3 Å². The zero-order valence-electron chi connectivity index (χ0n) is 14.3. The second kappa shape index (κ2) is 7.99. The number of nitrogens with zero attached hydrogens (tertiary/aromatic N) is 3. The van der Waals surface area contributed by atoms with Crippen LogP contribution < -0.4 is 4.74 Å². The van der Waals surface area contributed by atoms with Crippen molar-refractivity contribution in [3.8, 4) is 5.75 Å². The summed E-state index contributed by atoms with van der Waals surface area (Å²) in [5, 5.41) is 1.58. The van der Waals surface area contributed by atoms with E-state index in [1.807, 2.05) is 30.5 Å². The lowest BCUT2D eigenvalue weighted by Gasteiger charge is -2.33. The first-order valence-corrected chi connectivity index (χ1v) is 9.07. The number of aromatic nitrogens is 2. The van der Waals surface area contributed by atoms with Gasteiger partial charge in [-0.25, -0.2) is 4.98 Å². The van der Waals surface area contributed by atoms with Crippen LogP contribution in [0.2, 0.25) is 5.15 Å². The second-order valence-corrected chi connectivity index (χ2v) is 6.68. The average molecular weight is 370 g/mol. The Balaban J connectivity index is 1.40. The first-order chi connectivity index (χ1) is 12.8. The predicted octanol–water partition coefficient (Wildman–Crippen LogP) is 3.56. The molecule has 2 aromatic heterocycles. The van der Waals surface area contributed by atoms with Crippen LogP contribution in [0.1, 0.15) is 5.56 Å². The monoisotopic (exact) mass is 369 g/mol. The van der Waals surface area contributed by atoms with Gasteiger partial charge < -0.3 is 9.47 Å². The molecule has 6 heteroatoms. The SMILES string of the molecule is Clc1ncccc1OCC1CN(Cc2ccnc3ccccc23)CCO1. The number of hydrogen-bond acceptors (Lipinski definition) is 5. The van der Waals surface area contributed by atoms with E-state index in [1.165, 1.54) is 10.9 Å². The summed E-state index contributed by atoms with van der Waals surface area (Å²) in [4.78, 5) is 10.9. The van der Waals surface area contributed by atoms with Gasteiger partial charge in [0.15, 0.2) is 10.9 Å². The Morgan fingerprint density at radius 2 is 2.04 bits per heavy atom. The lowest BCUT2D eigenvalue weighted by Crippen LogP contribution is -2.44. The van der Waals surface area contributed by atoms with E-state index in [1.54, 1.807) is 6.20 Å². The van der Waals surface area contributed by atoms with Crippen LogP contribution in [-0.4, -0.2) is 47.3 Å². The van der Waals surface area contributed by atoms with Crippen molar-refractivity contribution in [2.75, 3.05) is 26.3 Å². The van der Waals surface area contributed by atoms with Crippen molar-refractivity contribution in [2.45, 2.75) is 12.6 Å². The van der Waals surface area contributed by atoms with E-state index in [9.17, 15) is 0 Å². The number of fused-ring (bicyclic) bond motifs is 1. The lowest BCUT2D eigenvalue weighted by molar-refractivity contribution is -0.0503. The molecule has 1 aromatic carbocycles. The molecule has 0 amide bonds. The molecule has 1 aliphatic rings. The molecule has 0 bridgehead atoms. The topological polar surface area (TPSA) is 47.5 Å². The number of para-hydroxylation sites is 1. The van der Waals surface area contributed by atoms with Crippen molar-refractivity contribution in [1.29, 1.82) is 0 Å². The fourth-order valence-corrected chi connectivity index (χ4v) is 3.39. The molecule has 26 heavy (non-hydrogen) atoms. The van der Waals surface area contributed by atoms with Gasteiger partial charge in [0.05, 0.1) is 12.1 Å². The maximum absolute atomic E-state index is 6.04. The van der Waals surface area contributed by atoms with E-state index in [0.29, 0.717) is 24.1 Å². The highest BCUT2D eigenvalue weighted by molar-refractivity contribution is 6.30. The van der Waals surface area contributed by atoms with Crippen LogP contribution in [0.15, 0.2) is 54.9 Å². The number of benzene rings is 1. The Morgan fingerprint density at radius 1 is 1.12 bits per heavy atom. The minimum atomic E-state index is 0.00752. The van der Waals surface area contributed by atoms with Crippen LogP contribution >= 0.6 is 11.6 Å². The van der Waals surface area contributed by atoms with Crippen LogP contribution in [0.25, 0.3) is 10.9 Å². The van der Waals surface area contributed by atoms with Gasteiger partial charge in [0.25, 0.3) is 0 Å². The molecule has 0 radical (unpaired) electrons. The summed E-state index contributed by atoms with van der Waals surface area (Å²) < 4.78 is 11.6. The van der Waals surface area contributed by atoms with Crippen molar-refractivity contribution >= 4 is 22.5 Å². The fraction of sp³-hybridized carbons (Fsp3) is 0.300. The molecular weight excluding hydrogens is 350 g/mol. The van der Waals surface area contributed by atoms with Gasteiger partial charge in [-0.1, -0.05) is 29.8 Å². The Labute approximate surface area is 157 Å². The molecule has 1 unspecified atom stereocenters.